The van der Waals surface area contributed by atoms with Crippen LogP contribution < -0.4 is 9.80 Å². The average Bonchev–Trinajstić information content (AvgIpc) is 3.42. The molecule has 3 aromatic rings. The Kier molecular flexibility index (Phi) is 4.68. The van der Waals surface area contributed by atoms with Crippen molar-refractivity contribution >= 4 is 17.4 Å². The van der Waals surface area contributed by atoms with E-state index in [2.05, 4.69) is 25.3 Å². The number of carbonyl (C=O) groups is 1. The van der Waals surface area contributed by atoms with Gasteiger partial charge in [-0.05, 0) is 37.8 Å². The normalized spacial score (nSPS) is 19.7. The summed E-state index contributed by atoms with van der Waals surface area (Å²) in [4.78, 5) is 16.5. The molecule has 0 bridgehead atoms. The highest BCUT2D eigenvalue weighted by Gasteiger charge is 2.32. The standard InChI is InChI=1S/C20H23FN8O/c1-26-11-15(10-22-26)28-13-17-16(20(28)30)12-29(25-17)19-6-5-18(23-24-19)27-8-3-2-4-14(21)7-9-27/h5-6,10-12,14H,2-4,7-9,13H2,1H3. The zero-order valence-corrected chi connectivity index (χ0v) is 16.8. The van der Waals surface area contributed by atoms with Gasteiger partial charge < -0.3 is 4.90 Å². The Hall–Kier alpha value is -3.30. The molecule has 0 aliphatic carbocycles. The van der Waals surface area contributed by atoms with E-state index < -0.39 is 6.17 Å². The highest BCUT2D eigenvalue weighted by atomic mass is 19.1. The van der Waals surface area contributed by atoms with Gasteiger partial charge in [0.05, 0.1) is 29.7 Å². The molecule has 0 N–H and O–H groups in total. The third-order valence-corrected chi connectivity index (χ3v) is 5.68. The summed E-state index contributed by atoms with van der Waals surface area (Å²) in [5, 5.41) is 17.3. The van der Waals surface area contributed by atoms with Crippen LogP contribution in [0.15, 0.2) is 30.7 Å². The predicted molar refractivity (Wildman–Crippen MR) is 108 cm³/mol. The van der Waals surface area contributed by atoms with Crippen LogP contribution in [0.2, 0.25) is 0 Å². The van der Waals surface area contributed by atoms with E-state index in [1.165, 1.54) is 0 Å². The van der Waals surface area contributed by atoms with Gasteiger partial charge in [-0.1, -0.05) is 0 Å². The number of halogens is 1. The zero-order valence-electron chi connectivity index (χ0n) is 16.8. The molecule has 0 saturated carbocycles. The molecule has 1 unspecified atom stereocenters. The Bertz CT molecular complexity index is 1060. The minimum Gasteiger partial charge on any atom is -0.355 e. The van der Waals surface area contributed by atoms with E-state index in [0.29, 0.717) is 43.0 Å². The minimum absolute atomic E-state index is 0.102. The number of anilines is 2. The molecule has 10 heteroatoms. The molecule has 9 nitrogen and oxygen atoms in total. The highest BCUT2D eigenvalue weighted by molar-refractivity contribution is 6.09. The lowest BCUT2D eigenvalue weighted by molar-refractivity contribution is 0.0996. The van der Waals surface area contributed by atoms with Crippen molar-refractivity contribution in [1.82, 2.24) is 29.8 Å². The highest BCUT2D eigenvalue weighted by Crippen LogP contribution is 2.28. The van der Waals surface area contributed by atoms with E-state index in [1.807, 2.05) is 19.2 Å². The Labute approximate surface area is 173 Å². The lowest BCUT2D eigenvalue weighted by Crippen LogP contribution is -2.30. The van der Waals surface area contributed by atoms with Crippen molar-refractivity contribution in [2.24, 2.45) is 7.05 Å². The van der Waals surface area contributed by atoms with Crippen molar-refractivity contribution in [1.29, 1.82) is 0 Å². The molecular weight excluding hydrogens is 387 g/mol. The van der Waals surface area contributed by atoms with E-state index in [-0.39, 0.29) is 5.91 Å². The maximum atomic E-state index is 13.7. The first-order valence-electron chi connectivity index (χ1n) is 10.2. The van der Waals surface area contributed by atoms with E-state index in [9.17, 15) is 9.18 Å². The van der Waals surface area contributed by atoms with Crippen molar-refractivity contribution in [3.8, 4) is 5.82 Å². The number of carbonyl (C=O) groups excluding carboxylic acids is 1. The van der Waals surface area contributed by atoms with Gasteiger partial charge >= 0.3 is 0 Å². The van der Waals surface area contributed by atoms with Crippen LogP contribution in [0.25, 0.3) is 5.82 Å². The van der Waals surface area contributed by atoms with Crippen LogP contribution >= 0.6 is 0 Å². The van der Waals surface area contributed by atoms with Crippen LogP contribution in [0.1, 0.15) is 41.7 Å². The molecule has 0 spiro atoms. The van der Waals surface area contributed by atoms with E-state index in [0.717, 1.165) is 30.9 Å². The summed E-state index contributed by atoms with van der Waals surface area (Å²) in [7, 11) is 1.81. The summed E-state index contributed by atoms with van der Waals surface area (Å²) in [5.41, 5.74) is 2.01. The molecular formula is C20H23FN8O. The molecule has 2 aliphatic heterocycles. The van der Waals surface area contributed by atoms with Crippen molar-refractivity contribution in [2.75, 3.05) is 22.9 Å². The molecule has 5 heterocycles. The Morgan fingerprint density at radius 2 is 1.90 bits per heavy atom. The fourth-order valence-electron chi connectivity index (χ4n) is 4.00. The van der Waals surface area contributed by atoms with Gasteiger partial charge in [-0.15, -0.1) is 10.2 Å². The smallest absolute Gasteiger partial charge is 0.262 e. The first-order valence-corrected chi connectivity index (χ1v) is 10.2. The lowest BCUT2D eigenvalue weighted by Gasteiger charge is -2.26. The van der Waals surface area contributed by atoms with Crippen LogP contribution in [0.4, 0.5) is 15.9 Å². The molecule has 1 saturated heterocycles. The molecule has 2 aliphatic rings. The van der Waals surface area contributed by atoms with Crippen LogP contribution in [-0.4, -0.2) is 54.9 Å². The summed E-state index contributed by atoms with van der Waals surface area (Å²) >= 11 is 0. The molecule has 0 aromatic carbocycles. The molecule has 30 heavy (non-hydrogen) atoms. The number of aromatic nitrogens is 6. The first kappa shape index (κ1) is 18.7. The molecule has 5 rings (SSSR count). The van der Waals surface area contributed by atoms with E-state index in [4.69, 9.17) is 0 Å². The molecule has 0 radical (unpaired) electrons. The van der Waals surface area contributed by atoms with Gasteiger partial charge in [0, 0.05) is 32.5 Å². The number of amides is 1. The number of hydrogen-bond acceptors (Lipinski definition) is 6. The van der Waals surface area contributed by atoms with Crippen LogP contribution in [0, 0.1) is 0 Å². The number of alkyl halides is 1. The third-order valence-electron chi connectivity index (χ3n) is 5.68. The largest absolute Gasteiger partial charge is 0.355 e. The van der Waals surface area contributed by atoms with Crippen molar-refractivity contribution < 1.29 is 9.18 Å². The number of rotatable bonds is 3. The van der Waals surface area contributed by atoms with E-state index >= 15 is 0 Å². The number of fused-ring (bicyclic) bond motifs is 1. The van der Waals surface area contributed by atoms with Crippen molar-refractivity contribution in [3.63, 3.8) is 0 Å². The Balaban J connectivity index is 1.32. The zero-order chi connectivity index (χ0) is 20.7. The van der Waals surface area contributed by atoms with Crippen LogP contribution in [0.5, 0.6) is 0 Å². The number of nitrogens with zero attached hydrogens (tertiary/aromatic N) is 8. The van der Waals surface area contributed by atoms with Gasteiger partial charge in [0.25, 0.3) is 5.91 Å². The van der Waals surface area contributed by atoms with Gasteiger partial charge in [0.1, 0.15) is 6.17 Å². The summed E-state index contributed by atoms with van der Waals surface area (Å²) in [6, 6.07) is 3.72. The van der Waals surface area contributed by atoms with Gasteiger partial charge in [-0.3, -0.25) is 14.4 Å². The SMILES string of the molecule is Cn1cc(N2Cc3nn(-c4ccc(N5CCCCC(F)CC5)nn4)cc3C2=O)cn1. The fourth-order valence-corrected chi connectivity index (χ4v) is 4.00. The number of hydrogen-bond donors (Lipinski definition) is 0. The quantitative estimate of drug-likeness (QED) is 0.659. The lowest BCUT2D eigenvalue weighted by atomic mass is 10.1. The van der Waals surface area contributed by atoms with Gasteiger partial charge in [0.15, 0.2) is 11.6 Å². The van der Waals surface area contributed by atoms with E-state index in [1.54, 1.807) is 32.9 Å². The Morgan fingerprint density at radius 1 is 1.07 bits per heavy atom. The minimum atomic E-state index is -0.740. The van der Waals surface area contributed by atoms with Crippen molar-refractivity contribution in [3.05, 3.63) is 42.0 Å². The molecule has 1 amide bonds. The average molecular weight is 410 g/mol. The summed E-state index contributed by atoms with van der Waals surface area (Å²) in [6.07, 6.45) is 7.44. The van der Waals surface area contributed by atoms with Crippen molar-refractivity contribution in [2.45, 2.75) is 38.4 Å². The maximum absolute atomic E-state index is 13.7. The second-order valence-electron chi connectivity index (χ2n) is 7.82. The summed E-state index contributed by atoms with van der Waals surface area (Å²) in [6.45, 7) is 1.90. The Morgan fingerprint density at radius 3 is 2.63 bits per heavy atom. The van der Waals surface area contributed by atoms with Gasteiger partial charge in [-0.2, -0.15) is 10.2 Å². The molecule has 1 fully saturated rings. The second-order valence-corrected chi connectivity index (χ2v) is 7.82. The number of aryl methyl sites for hydroxylation is 1. The molecule has 156 valence electrons. The van der Waals surface area contributed by atoms with Crippen LogP contribution in [0.3, 0.4) is 0 Å². The van der Waals surface area contributed by atoms with Crippen LogP contribution in [-0.2, 0) is 13.6 Å². The summed E-state index contributed by atoms with van der Waals surface area (Å²) in [5.74, 6) is 1.19. The second kappa shape index (κ2) is 7.51. The third kappa shape index (κ3) is 3.42. The molecule has 3 aromatic heterocycles. The topological polar surface area (TPSA) is 85.0 Å². The van der Waals surface area contributed by atoms with Gasteiger partial charge in [0.2, 0.25) is 0 Å². The monoisotopic (exact) mass is 410 g/mol. The molecule has 1 atom stereocenters. The first-order chi connectivity index (χ1) is 14.6. The maximum Gasteiger partial charge on any atom is 0.262 e. The fraction of sp³-hybridized carbons (Fsp3) is 0.450. The van der Waals surface area contributed by atoms with Gasteiger partial charge in [-0.25, -0.2) is 9.07 Å². The summed E-state index contributed by atoms with van der Waals surface area (Å²) < 4.78 is 17.0. The predicted octanol–water partition coefficient (Wildman–Crippen LogP) is 2.27.